The summed E-state index contributed by atoms with van der Waals surface area (Å²) in [5.74, 6) is 0.290. The molecule has 0 aromatic heterocycles. The molecule has 88 valence electrons. The third-order valence-electron chi connectivity index (χ3n) is 2.99. The second-order valence-electron chi connectivity index (χ2n) is 4.25. The van der Waals surface area contributed by atoms with Crippen LogP contribution >= 0.6 is 0 Å². The summed E-state index contributed by atoms with van der Waals surface area (Å²) in [6.07, 6.45) is 0. The standard InChI is InChI=1S/C12H19N3O/c13-12(9-15-7-5-14-6-8-15)10-1-3-11(16)4-2-10/h1-4,12,14,16H,5-9,13H2. The van der Waals surface area contributed by atoms with Crippen LogP contribution in [0.15, 0.2) is 24.3 Å². The number of nitrogens with two attached hydrogens (primary N) is 1. The molecule has 1 atom stereocenters. The van der Waals surface area contributed by atoms with E-state index in [-0.39, 0.29) is 11.8 Å². The van der Waals surface area contributed by atoms with Crippen molar-refractivity contribution in [2.24, 2.45) is 5.73 Å². The quantitative estimate of drug-likeness (QED) is 0.687. The maximum atomic E-state index is 9.20. The summed E-state index contributed by atoms with van der Waals surface area (Å²) in [5.41, 5.74) is 7.21. The van der Waals surface area contributed by atoms with Crippen molar-refractivity contribution in [3.63, 3.8) is 0 Å². The molecule has 0 amide bonds. The minimum absolute atomic E-state index is 0.0266. The summed E-state index contributed by atoms with van der Waals surface area (Å²) in [4.78, 5) is 2.37. The van der Waals surface area contributed by atoms with Gasteiger partial charge in [-0.3, -0.25) is 4.90 Å². The van der Waals surface area contributed by atoms with Gasteiger partial charge in [0, 0.05) is 38.8 Å². The molecule has 0 radical (unpaired) electrons. The smallest absolute Gasteiger partial charge is 0.115 e. The van der Waals surface area contributed by atoms with Crippen molar-refractivity contribution in [1.82, 2.24) is 10.2 Å². The molecule has 1 heterocycles. The Bertz CT molecular complexity index is 320. The number of phenolic OH excluding ortho intramolecular Hbond substituents is 1. The van der Waals surface area contributed by atoms with Crippen molar-refractivity contribution >= 4 is 0 Å². The van der Waals surface area contributed by atoms with E-state index in [4.69, 9.17) is 5.73 Å². The molecule has 1 saturated heterocycles. The minimum atomic E-state index is 0.0266. The Morgan fingerprint density at radius 2 is 1.88 bits per heavy atom. The van der Waals surface area contributed by atoms with E-state index < -0.39 is 0 Å². The number of nitrogens with one attached hydrogen (secondary N) is 1. The van der Waals surface area contributed by atoms with Crippen LogP contribution in [-0.2, 0) is 0 Å². The summed E-state index contributed by atoms with van der Waals surface area (Å²) >= 11 is 0. The zero-order valence-electron chi connectivity index (χ0n) is 9.39. The summed E-state index contributed by atoms with van der Waals surface area (Å²) in [6, 6.07) is 7.18. The topological polar surface area (TPSA) is 61.5 Å². The van der Waals surface area contributed by atoms with Crippen molar-refractivity contribution in [3.8, 4) is 5.75 Å². The van der Waals surface area contributed by atoms with Crippen molar-refractivity contribution in [2.45, 2.75) is 6.04 Å². The molecule has 1 aliphatic heterocycles. The number of rotatable bonds is 3. The van der Waals surface area contributed by atoms with Crippen molar-refractivity contribution in [3.05, 3.63) is 29.8 Å². The zero-order valence-corrected chi connectivity index (χ0v) is 9.39. The monoisotopic (exact) mass is 221 g/mol. The lowest BCUT2D eigenvalue weighted by Crippen LogP contribution is -2.45. The van der Waals surface area contributed by atoms with Crippen LogP contribution in [0.5, 0.6) is 5.75 Å². The summed E-state index contributed by atoms with van der Waals surface area (Å²) in [7, 11) is 0. The molecule has 1 unspecified atom stereocenters. The van der Waals surface area contributed by atoms with E-state index in [1.807, 2.05) is 12.1 Å². The van der Waals surface area contributed by atoms with Gasteiger partial charge in [0.15, 0.2) is 0 Å². The van der Waals surface area contributed by atoms with E-state index in [0.717, 1.165) is 38.3 Å². The molecule has 16 heavy (non-hydrogen) atoms. The number of aromatic hydroxyl groups is 1. The average Bonchev–Trinajstić information content (AvgIpc) is 2.31. The van der Waals surface area contributed by atoms with E-state index in [9.17, 15) is 5.11 Å². The molecular weight excluding hydrogens is 202 g/mol. The molecule has 2 rings (SSSR count). The van der Waals surface area contributed by atoms with E-state index in [2.05, 4.69) is 10.2 Å². The predicted molar refractivity (Wildman–Crippen MR) is 64.3 cm³/mol. The van der Waals surface area contributed by atoms with Gasteiger partial charge in [-0.25, -0.2) is 0 Å². The molecule has 0 aliphatic carbocycles. The number of hydrogen-bond donors (Lipinski definition) is 3. The van der Waals surface area contributed by atoms with Gasteiger partial charge in [0.1, 0.15) is 5.75 Å². The van der Waals surface area contributed by atoms with Crippen LogP contribution in [0.1, 0.15) is 11.6 Å². The van der Waals surface area contributed by atoms with Gasteiger partial charge in [-0.1, -0.05) is 12.1 Å². The van der Waals surface area contributed by atoms with Gasteiger partial charge in [-0.2, -0.15) is 0 Å². The Morgan fingerprint density at radius 3 is 2.50 bits per heavy atom. The highest BCUT2D eigenvalue weighted by atomic mass is 16.3. The van der Waals surface area contributed by atoms with E-state index >= 15 is 0 Å². The number of piperazine rings is 1. The molecule has 4 nitrogen and oxygen atoms in total. The number of benzene rings is 1. The van der Waals surface area contributed by atoms with Crippen LogP contribution in [0.25, 0.3) is 0 Å². The van der Waals surface area contributed by atoms with Crippen LogP contribution in [-0.4, -0.2) is 42.7 Å². The summed E-state index contributed by atoms with van der Waals surface area (Å²) in [6.45, 7) is 5.09. The Balaban J connectivity index is 1.91. The lowest BCUT2D eigenvalue weighted by Gasteiger charge is -2.29. The van der Waals surface area contributed by atoms with Crippen molar-refractivity contribution in [2.75, 3.05) is 32.7 Å². The number of phenols is 1. The molecule has 4 N–H and O–H groups in total. The Kier molecular flexibility index (Phi) is 3.77. The summed E-state index contributed by atoms with van der Waals surface area (Å²) in [5, 5.41) is 12.5. The molecule has 1 aliphatic rings. The van der Waals surface area contributed by atoms with Crippen LogP contribution in [0.2, 0.25) is 0 Å². The highest BCUT2D eigenvalue weighted by Crippen LogP contribution is 2.16. The van der Waals surface area contributed by atoms with Crippen LogP contribution < -0.4 is 11.1 Å². The number of nitrogens with zero attached hydrogens (tertiary/aromatic N) is 1. The molecule has 1 aromatic rings. The van der Waals surface area contributed by atoms with Crippen molar-refractivity contribution < 1.29 is 5.11 Å². The lowest BCUT2D eigenvalue weighted by atomic mass is 10.1. The molecule has 0 saturated carbocycles. The van der Waals surface area contributed by atoms with Gasteiger partial charge >= 0.3 is 0 Å². The van der Waals surface area contributed by atoms with E-state index in [0.29, 0.717) is 0 Å². The first-order valence-corrected chi connectivity index (χ1v) is 5.73. The van der Waals surface area contributed by atoms with Gasteiger partial charge in [-0.15, -0.1) is 0 Å². The second kappa shape index (κ2) is 5.30. The first-order chi connectivity index (χ1) is 7.75. The van der Waals surface area contributed by atoms with Crippen LogP contribution in [0.3, 0.4) is 0 Å². The van der Waals surface area contributed by atoms with Crippen LogP contribution in [0, 0.1) is 0 Å². The van der Waals surface area contributed by atoms with Gasteiger partial charge in [-0.05, 0) is 17.7 Å². The fourth-order valence-electron chi connectivity index (χ4n) is 2.00. The Labute approximate surface area is 96.1 Å². The number of hydrogen-bond acceptors (Lipinski definition) is 4. The van der Waals surface area contributed by atoms with Crippen LogP contribution in [0.4, 0.5) is 0 Å². The normalized spacial score (nSPS) is 19.6. The predicted octanol–water partition coefficient (Wildman–Crippen LogP) is 0.297. The maximum Gasteiger partial charge on any atom is 0.115 e. The highest BCUT2D eigenvalue weighted by Gasteiger charge is 2.14. The molecule has 1 aromatic carbocycles. The molecule has 0 spiro atoms. The first-order valence-electron chi connectivity index (χ1n) is 5.73. The zero-order chi connectivity index (χ0) is 11.4. The third kappa shape index (κ3) is 2.95. The van der Waals surface area contributed by atoms with Gasteiger partial charge in [0.25, 0.3) is 0 Å². The summed E-state index contributed by atoms with van der Waals surface area (Å²) < 4.78 is 0. The van der Waals surface area contributed by atoms with E-state index in [1.54, 1.807) is 12.1 Å². The highest BCUT2D eigenvalue weighted by molar-refractivity contribution is 5.27. The molecule has 1 fully saturated rings. The van der Waals surface area contributed by atoms with Gasteiger partial charge < -0.3 is 16.2 Å². The Morgan fingerprint density at radius 1 is 1.25 bits per heavy atom. The largest absolute Gasteiger partial charge is 0.508 e. The molecule has 0 bridgehead atoms. The average molecular weight is 221 g/mol. The molecular formula is C12H19N3O. The van der Waals surface area contributed by atoms with Gasteiger partial charge in [0.05, 0.1) is 0 Å². The SMILES string of the molecule is NC(CN1CCNCC1)c1ccc(O)cc1. The van der Waals surface area contributed by atoms with Gasteiger partial charge in [0.2, 0.25) is 0 Å². The minimum Gasteiger partial charge on any atom is -0.508 e. The van der Waals surface area contributed by atoms with E-state index in [1.165, 1.54) is 0 Å². The van der Waals surface area contributed by atoms with Crippen molar-refractivity contribution in [1.29, 1.82) is 0 Å². The fourth-order valence-corrected chi connectivity index (χ4v) is 2.00. The second-order valence-corrected chi connectivity index (χ2v) is 4.25. The Hall–Kier alpha value is -1.10. The fraction of sp³-hybridized carbons (Fsp3) is 0.500. The lowest BCUT2D eigenvalue weighted by molar-refractivity contribution is 0.228. The third-order valence-corrected chi connectivity index (χ3v) is 2.99. The maximum absolute atomic E-state index is 9.20. The first kappa shape index (κ1) is 11.4. The molecule has 4 heteroatoms.